The van der Waals surface area contributed by atoms with Gasteiger partial charge in [-0.25, -0.2) is 4.99 Å². The summed E-state index contributed by atoms with van der Waals surface area (Å²) >= 11 is 1.73. The van der Waals surface area contributed by atoms with Crippen molar-refractivity contribution in [3.63, 3.8) is 0 Å². The summed E-state index contributed by atoms with van der Waals surface area (Å²) in [4.78, 5) is 4.69. The van der Waals surface area contributed by atoms with Crippen molar-refractivity contribution >= 4 is 17.3 Å². The predicted octanol–water partition coefficient (Wildman–Crippen LogP) is 3.63. The van der Waals surface area contributed by atoms with Crippen LogP contribution >= 0.6 is 11.3 Å². The average molecular weight is 376 g/mol. The van der Waals surface area contributed by atoms with Crippen molar-refractivity contribution in [1.29, 1.82) is 0 Å². The molecule has 2 aromatic rings. The molecule has 2 N–H and O–H groups in total. The van der Waals surface area contributed by atoms with Gasteiger partial charge in [0.25, 0.3) is 0 Å². The molecule has 1 aromatic heterocycles. The number of hydrogen-bond donors (Lipinski definition) is 2. The molecule has 26 heavy (non-hydrogen) atoms. The number of methoxy groups -OCH3 is 1. The Morgan fingerprint density at radius 1 is 1.23 bits per heavy atom. The Labute approximate surface area is 160 Å². The fourth-order valence-electron chi connectivity index (χ4n) is 2.41. The fraction of sp³-hybridized carbons (Fsp3) is 0.450. The smallest absolute Gasteiger partial charge is 0.191 e. The number of nitrogens with zero attached hydrogens (tertiary/aromatic N) is 1. The Hall–Kier alpha value is -2.05. The van der Waals surface area contributed by atoms with E-state index in [0.717, 1.165) is 30.4 Å². The van der Waals surface area contributed by atoms with Crippen molar-refractivity contribution < 1.29 is 9.47 Å². The van der Waals surface area contributed by atoms with Gasteiger partial charge in [-0.3, -0.25) is 0 Å². The third-order valence-corrected chi connectivity index (χ3v) is 4.61. The lowest BCUT2D eigenvalue weighted by atomic mass is 10.1. The number of aliphatic imine (C=N–C) groups is 1. The monoisotopic (exact) mass is 375 g/mol. The first-order valence-electron chi connectivity index (χ1n) is 8.98. The van der Waals surface area contributed by atoms with Crippen LogP contribution in [0.5, 0.6) is 5.75 Å². The molecule has 0 aliphatic heterocycles. The summed E-state index contributed by atoms with van der Waals surface area (Å²) in [5.74, 6) is 2.13. The first kappa shape index (κ1) is 20.3. The normalized spacial score (nSPS) is 12.7. The van der Waals surface area contributed by atoms with Gasteiger partial charge in [0, 0.05) is 20.2 Å². The first-order valence-corrected chi connectivity index (χ1v) is 9.92. The van der Waals surface area contributed by atoms with Crippen LogP contribution in [-0.4, -0.2) is 39.4 Å². The molecule has 0 bridgehead atoms. The zero-order chi connectivity index (χ0) is 18.6. The van der Waals surface area contributed by atoms with Crippen LogP contribution in [0, 0.1) is 0 Å². The fourth-order valence-corrected chi connectivity index (χ4v) is 3.19. The molecule has 0 aliphatic rings. The van der Waals surface area contributed by atoms with Gasteiger partial charge in [0.15, 0.2) is 5.96 Å². The lowest BCUT2D eigenvalue weighted by molar-refractivity contribution is 0.146. The number of benzene rings is 1. The van der Waals surface area contributed by atoms with Crippen LogP contribution in [0.3, 0.4) is 0 Å². The van der Waals surface area contributed by atoms with E-state index in [1.165, 1.54) is 5.56 Å². The van der Waals surface area contributed by atoms with E-state index >= 15 is 0 Å². The molecule has 1 heterocycles. The Balaban J connectivity index is 1.90. The van der Waals surface area contributed by atoms with Gasteiger partial charge in [0.1, 0.15) is 12.4 Å². The number of guanidine groups is 1. The topological polar surface area (TPSA) is 54.9 Å². The summed E-state index contributed by atoms with van der Waals surface area (Å²) in [6.07, 6.45) is 0. The highest BCUT2D eigenvalue weighted by Crippen LogP contribution is 2.17. The average Bonchev–Trinajstić information content (AvgIpc) is 3.19. The molecule has 0 saturated carbocycles. The molecule has 1 atom stereocenters. The Kier molecular flexibility index (Phi) is 9.00. The maximum absolute atomic E-state index is 5.66. The molecule has 1 unspecified atom stereocenters. The van der Waals surface area contributed by atoms with E-state index in [1.807, 2.05) is 18.2 Å². The molecule has 142 valence electrons. The van der Waals surface area contributed by atoms with Gasteiger partial charge in [0.2, 0.25) is 0 Å². The standard InChI is InChI=1S/C20H29N3O2S/c1-4-21-20(22-13-16(2)18-8-11-26-15-18)23-14-17-6-5-7-19(12-17)25-10-9-24-3/h5-8,11-12,15-16H,4,9-10,13-14H2,1-3H3,(H2,21,22,23). The second-order valence-electron chi connectivity index (χ2n) is 6.02. The lowest BCUT2D eigenvalue weighted by Crippen LogP contribution is -2.39. The summed E-state index contributed by atoms with van der Waals surface area (Å²) in [6.45, 7) is 7.71. The third-order valence-electron chi connectivity index (χ3n) is 3.91. The SMILES string of the molecule is CCNC(=NCc1cccc(OCCOC)c1)NCC(C)c1ccsc1. The van der Waals surface area contributed by atoms with Gasteiger partial charge in [-0.15, -0.1) is 0 Å². The van der Waals surface area contributed by atoms with E-state index in [2.05, 4.69) is 47.4 Å². The van der Waals surface area contributed by atoms with Crippen molar-refractivity contribution in [3.8, 4) is 5.75 Å². The molecule has 0 spiro atoms. The van der Waals surface area contributed by atoms with Crippen LogP contribution in [0.15, 0.2) is 46.1 Å². The Bertz CT molecular complexity index is 659. The van der Waals surface area contributed by atoms with Gasteiger partial charge in [0.05, 0.1) is 13.2 Å². The molecule has 2 rings (SSSR count). The highest BCUT2D eigenvalue weighted by molar-refractivity contribution is 7.07. The van der Waals surface area contributed by atoms with Crippen molar-refractivity contribution in [2.45, 2.75) is 26.3 Å². The molecule has 0 radical (unpaired) electrons. The maximum atomic E-state index is 5.66. The summed E-state index contributed by atoms with van der Waals surface area (Å²) in [6, 6.07) is 10.2. The summed E-state index contributed by atoms with van der Waals surface area (Å²) in [5.41, 5.74) is 2.47. The van der Waals surface area contributed by atoms with Crippen molar-refractivity contribution in [3.05, 3.63) is 52.2 Å². The molecular formula is C20H29N3O2S. The molecule has 6 heteroatoms. The maximum Gasteiger partial charge on any atom is 0.191 e. The van der Waals surface area contributed by atoms with Crippen molar-refractivity contribution in [2.75, 3.05) is 33.4 Å². The second kappa shape index (κ2) is 11.5. The predicted molar refractivity (Wildman–Crippen MR) is 109 cm³/mol. The third kappa shape index (κ3) is 7.06. The van der Waals surface area contributed by atoms with E-state index in [-0.39, 0.29) is 0 Å². The molecule has 0 saturated heterocycles. The number of nitrogens with one attached hydrogen (secondary N) is 2. The van der Waals surface area contributed by atoms with Crippen molar-refractivity contribution in [2.24, 2.45) is 4.99 Å². The van der Waals surface area contributed by atoms with Crippen LogP contribution < -0.4 is 15.4 Å². The first-order chi connectivity index (χ1) is 12.7. The van der Waals surface area contributed by atoms with E-state index < -0.39 is 0 Å². The summed E-state index contributed by atoms with van der Waals surface area (Å²) < 4.78 is 10.7. The molecule has 0 fully saturated rings. The van der Waals surface area contributed by atoms with Gasteiger partial charge < -0.3 is 20.1 Å². The van der Waals surface area contributed by atoms with Gasteiger partial charge in [-0.2, -0.15) is 11.3 Å². The van der Waals surface area contributed by atoms with Crippen molar-refractivity contribution in [1.82, 2.24) is 10.6 Å². The number of ether oxygens (including phenoxy) is 2. The number of hydrogen-bond acceptors (Lipinski definition) is 4. The molecule has 5 nitrogen and oxygen atoms in total. The summed E-state index contributed by atoms with van der Waals surface area (Å²) in [7, 11) is 1.67. The van der Waals surface area contributed by atoms with E-state index in [1.54, 1.807) is 18.4 Å². The van der Waals surface area contributed by atoms with Crippen LogP contribution in [-0.2, 0) is 11.3 Å². The largest absolute Gasteiger partial charge is 0.491 e. The molecule has 1 aromatic carbocycles. The van der Waals surface area contributed by atoms with Crippen LogP contribution in [0.1, 0.15) is 30.9 Å². The highest BCUT2D eigenvalue weighted by atomic mass is 32.1. The van der Waals surface area contributed by atoms with E-state index in [9.17, 15) is 0 Å². The minimum Gasteiger partial charge on any atom is -0.491 e. The van der Waals surface area contributed by atoms with Gasteiger partial charge in [-0.05, 0) is 52.9 Å². The van der Waals surface area contributed by atoms with E-state index in [4.69, 9.17) is 14.5 Å². The minimum atomic E-state index is 0.447. The van der Waals surface area contributed by atoms with Crippen LogP contribution in [0.25, 0.3) is 0 Å². The molecular weight excluding hydrogens is 346 g/mol. The molecule has 0 amide bonds. The zero-order valence-corrected chi connectivity index (χ0v) is 16.6. The lowest BCUT2D eigenvalue weighted by Gasteiger charge is -2.15. The number of thiophene rings is 1. The van der Waals surface area contributed by atoms with Crippen LogP contribution in [0.4, 0.5) is 0 Å². The quantitative estimate of drug-likeness (QED) is 0.378. The van der Waals surface area contributed by atoms with Gasteiger partial charge >= 0.3 is 0 Å². The zero-order valence-electron chi connectivity index (χ0n) is 15.8. The number of rotatable bonds is 10. The minimum absolute atomic E-state index is 0.447. The van der Waals surface area contributed by atoms with Gasteiger partial charge in [-0.1, -0.05) is 19.1 Å². The van der Waals surface area contributed by atoms with E-state index in [0.29, 0.717) is 25.7 Å². The Morgan fingerprint density at radius 3 is 2.85 bits per heavy atom. The Morgan fingerprint density at radius 2 is 2.12 bits per heavy atom. The highest BCUT2D eigenvalue weighted by Gasteiger charge is 2.07. The molecule has 0 aliphatic carbocycles. The van der Waals surface area contributed by atoms with Crippen LogP contribution in [0.2, 0.25) is 0 Å². The summed E-state index contributed by atoms with van der Waals surface area (Å²) in [5, 5.41) is 11.1. The second-order valence-corrected chi connectivity index (χ2v) is 6.80.